The van der Waals surface area contributed by atoms with E-state index in [2.05, 4.69) is 6.08 Å². The van der Waals surface area contributed by atoms with Gasteiger partial charge in [0.15, 0.2) is 6.29 Å². The summed E-state index contributed by atoms with van der Waals surface area (Å²) in [6, 6.07) is 0. The van der Waals surface area contributed by atoms with Crippen LogP contribution in [0.25, 0.3) is 0 Å². The van der Waals surface area contributed by atoms with Crippen LogP contribution in [-0.2, 0) is 14.2 Å². The average molecular weight is 186 g/mol. The zero-order chi connectivity index (χ0) is 9.52. The molecule has 0 aromatic heterocycles. The third kappa shape index (κ3) is 3.46. The van der Waals surface area contributed by atoms with Crippen molar-refractivity contribution in [2.45, 2.75) is 19.1 Å². The molecular weight excluding hydrogens is 168 g/mol. The molecule has 13 heavy (non-hydrogen) atoms. The first kappa shape index (κ1) is 10.7. The quantitative estimate of drug-likeness (QED) is 0.610. The fourth-order valence-electron chi connectivity index (χ4n) is 1.53. The summed E-state index contributed by atoms with van der Waals surface area (Å²) >= 11 is 0. The molecule has 0 spiro atoms. The van der Waals surface area contributed by atoms with E-state index in [0.717, 1.165) is 19.4 Å². The molecule has 2 atom stereocenters. The maximum Gasteiger partial charge on any atom is 0.160 e. The predicted octanol–water partition coefficient (Wildman–Crippen LogP) is 1.59. The zero-order valence-corrected chi connectivity index (χ0v) is 8.36. The molecule has 3 heteroatoms. The van der Waals surface area contributed by atoms with Gasteiger partial charge in [-0.25, -0.2) is 0 Å². The molecule has 1 aliphatic rings. The van der Waals surface area contributed by atoms with E-state index in [1.807, 2.05) is 6.08 Å². The average Bonchev–Trinajstić information content (AvgIpc) is 2.60. The summed E-state index contributed by atoms with van der Waals surface area (Å²) < 4.78 is 15.5. The van der Waals surface area contributed by atoms with Crippen LogP contribution < -0.4 is 0 Å². The maximum absolute atomic E-state index is 5.38. The van der Waals surface area contributed by atoms with E-state index in [9.17, 15) is 0 Å². The third-order valence-corrected chi connectivity index (χ3v) is 2.26. The predicted molar refractivity (Wildman–Crippen MR) is 50.5 cm³/mol. The van der Waals surface area contributed by atoms with E-state index in [-0.39, 0.29) is 6.29 Å². The van der Waals surface area contributed by atoms with Crippen molar-refractivity contribution in [2.75, 3.05) is 27.4 Å². The Kier molecular flexibility index (Phi) is 5.05. The maximum atomic E-state index is 5.38. The topological polar surface area (TPSA) is 27.7 Å². The van der Waals surface area contributed by atoms with Gasteiger partial charge in [-0.1, -0.05) is 12.2 Å². The molecule has 0 aromatic carbocycles. The van der Waals surface area contributed by atoms with Crippen molar-refractivity contribution in [3.05, 3.63) is 12.2 Å². The van der Waals surface area contributed by atoms with E-state index in [4.69, 9.17) is 14.2 Å². The lowest BCUT2D eigenvalue weighted by molar-refractivity contribution is -0.109. The first-order chi connectivity index (χ1) is 6.38. The van der Waals surface area contributed by atoms with Gasteiger partial charge in [0.1, 0.15) is 0 Å². The minimum Gasteiger partial charge on any atom is -0.381 e. The molecule has 0 N–H and O–H groups in total. The Morgan fingerprint density at radius 2 is 2.23 bits per heavy atom. The van der Waals surface area contributed by atoms with Crippen LogP contribution in [0.5, 0.6) is 0 Å². The Morgan fingerprint density at radius 1 is 1.38 bits per heavy atom. The van der Waals surface area contributed by atoms with Gasteiger partial charge < -0.3 is 14.2 Å². The van der Waals surface area contributed by atoms with E-state index < -0.39 is 0 Å². The molecule has 1 heterocycles. The summed E-state index contributed by atoms with van der Waals surface area (Å²) in [4.78, 5) is 0. The van der Waals surface area contributed by atoms with Crippen molar-refractivity contribution in [3.8, 4) is 0 Å². The molecule has 2 unspecified atom stereocenters. The van der Waals surface area contributed by atoms with Crippen LogP contribution in [0.3, 0.4) is 0 Å². The van der Waals surface area contributed by atoms with Gasteiger partial charge >= 0.3 is 0 Å². The second-order valence-corrected chi connectivity index (χ2v) is 3.19. The highest BCUT2D eigenvalue weighted by Gasteiger charge is 2.26. The summed E-state index contributed by atoms with van der Waals surface area (Å²) in [6.07, 6.45) is 6.27. The van der Waals surface area contributed by atoms with E-state index in [0.29, 0.717) is 12.5 Å². The molecule has 0 amide bonds. The van der Waals surface area contributed by atoms with Crippen LogP contribution in [0, 0.1) is 5.92 Å². The summed E-state index contributed by atoms with van der Waals surface area (Å²) in [5, 5.41) is 0. The van der Waals surface area contributed by atoms with Crippen LogP contribution in [0.2, 0.25) is 0 Å². The van der Waals surface area contributed by atoms with Crippen molar-refractivity contribution in [3.63, 3.8) is 0 Å². The molecule has 1 saturated heterocycles. The molecule has 76 valence electrons. The van der Waals surface area contributed by atoms with Crippen molar-refractivity contribution in [2.24, 2.45) is 5.92 Å². The second kappa shape index (κ2) is 6.13. The Labute approximate surface area is 79.7 Å². The smallest absolute Gasteiger partial charge is 0.160 e. The molecule has 1 fully saturated rings. The van der Waals surface area contributed by atoms with Gasteiger partial charge in [-0.3, -0.25) is 0 Å². The van der Waals surface area contributed by atoms with Crippen LogP contribution in [0.4, 0.5) is 0 Å². The zero-order valence-electron chi connectivity index (χ0n) is 8.36. The molecule has 0 radical (unpaired) electrons. The lowest BCUT2D eigenvalue weighted by atomic mass is 10.0. The fourth-order valence-corrected chi connectivity index (χ4v) is 1.53. The Hall–Kier alpha value is -0.380. The van der Waals surface area contributed by atoms with Crippen molar-refractivity contribution >= 4 is 0 Å². The monoisotopic (exact) mass is 186 g/mol. The van der Waals surface area contributed by atoms with Gasteiger partial charge in [0.25, 0.3) is 0 Å². The molecule has 1 rings (SSSR count). The normalized spacial score (nSPS) is 28.8. The van der Waals surface area contributed by atoms with Crippen LogP contribution in [0.15, 0.2) is 12.2 Å². The van der Waals surface area contributed by atoms with E-state index in [1.54, 1.807) is 14.2 Å². The Bertz CT molecular complexity index is 156. The van der Waals surface area contributed by atoms with Crippen LogP contribution in [0.1, 0.15) is 12.8 Å². The lowest BCUT2D eigenvalue weighted by Gasteiger charge is -2.14. The first-order valence-corrected chi connectivity index (χ1v) is 4.66. The Balaban J connectivity index is 2.19. The molecule has 1 aliphatic heterocycles. The van der Waals surface area contributed by atoms with Gasteiger partial charge in [-0.05, 0) is 12.8 Å². The second-order valence-electron chi connectivity index (χ2n) is 3.19. The van der Waals surface area contributed by atoms with Crippen LogP contribution in [-0.4, -0.2) is 33.7 Å². The number of ether oxygens (including phenoxy) is 3. The highest BCUT2D eigenvalue weighted by atomic mass is 16.7. The first-order valence-electron chi connectivity index (χ1n) is 4.66. The number of rotatable bonds is 5. The van der Waals surface area contributed by atoms with Crippen molar-refractivity contribution < 1.29 is 14.2 Å². The number of hydrogen-bond acceptors (Lipinski definition) is 3. The standard InChI is InChI=1S/C10H18O3/c1-11-7-4-3-5-9-6-8-13-10(9)12-2/h3-4,9-10H,5-8H2,1-2H3/b4-3-. The van der Waals surface area contributed by atoms with Gasteiger partial charge in [-0.15, -0.1) is 0 Å². The van der Waals surface area contributed by atoms with Gasteiger partial charge in [0.2, 0.25) is 0 Å². The molecule has 0 saturated carbocycles. The SMILES string of the molecule is COC/C=C\CC1CCOC1OC. The molecular formula is C10H18O3. The molecule has 3 nitrogen and oxygen atoms in total. The summed E-state index contributed by atoms with van der Waals surface area (Å²) in [5.41, 5.74) is 0. The van der Waals surface area contributed by atoms with Gasteiger partial charge in [-0.2, -0.15) is 0 Å². The molecule has 0 aromatic rings. The van der Waals surface area contributed by atoms with E-state index >= 15 is 0 Å². The molecule has 0 aliphatic carbocycles. The van der Waals surface area contributed by atoms with Crippen molar-refractivity contribution in [1.82, 2.24) is 0 Å². The van der Waals surface area contributed by atoms with Crippen molar-refractivity contribution in [1.29, 1.82) is 0 Å². The summed E-state index contributed by atoms with van der Waals surface area (Å²) in [5.74, 6) is 0.512. The highest BCUT2D eigenvalue weighted by molar-refractivity contribution is 4.86. The Morgan fingerprint density at radius 3 is 2.92 bits per heavy atom. The minimum absolute atomic E-state index is 0.00723. The largest absolute Gasteiger partial charge is 0.381 e. The van der Waals surface area contributed by atoms with Gasteiger partial charge in [0, 0.05) is 20.1 Å². The summed E-state index contributed by atoms with van der Waals surface area (Å²) in [6.45, 7) is 1.51. The minimum atomic E-state index is -0.00723. The fraction of sp³-hybridized carbons (Fsp3) is 0.800. The van der Waals surface area contributed by atoms with E-state index in [1.165, 1.54) is 0 Å². The number of hydrogen-bond donors (Lipinski definition) is 0. The number of methoxy groups -OCH3 is 2. The van der Waals surface area contributed by atoms with Gasteiger partial charge in [0.05, 0.1) is 13.2 Å². The van der Waals surface area contributed by atoms with Crippen LogP contribution >= 0.6 is 0 Å². The summed E-state index contributed by atoms with van der Waals surface area (Å²) in [7, 11) is 3.39. The highest BCUT2D eigenvalue weighted by Crippen LogP contribution is 2.24. The number of allylic oxidation sites excluding steroid dienone is 1. The third-order valence-electron chi connectivity index (χ3n) is 2.26. The lowest BCUT2D eigenvalue weighted by Crippen LogP contribution is -2.17. The molecule has 0 bridgehead atoms.